The van der Waals surface area contributed by atoms with Gasteiger partial charge in [0.1, 0.15) is 5.75 Å². The molecule has 0 saturated heterocycles. The average molecular weight is 236 g/mol. The second kappa shape index (κ2) is 9.06. The molecule has 0 saturated carbocycles. The van der Waals surface area contributed by atoms with Crippen molar-refractivity contribution < 1.29 is 10.2 Å². The first-order valence-electron chi connectivity index (χ1n) is 6.72. The van der Waals surface area contributed by atoms with Crippen LogP contribution in [0.2, 0.25) is 0 Å². The smallest absolute Gasteiger partial charge is 0.118 e. The standard InChI is InChI=1S/C15H24O2/c16-13-9-5-3-1-2-4-6-10-14-11-7-8-12-15(14)17/h7-8,11-12,16-17H,1-6,9-10,13H2. The lowest BCUT2D eigenvalue weighted by molar-refractivity contribution is 0.282. The van der Waals surface area contributed by atoms with Crippen LogP contribution in [0.25, 0.3) is 0 Å². The highest BCUT2D eigenvalue weighted by Crippen LogP contribution is 2.18. The van der Waals surface area contributed by atoms with Gasteiger partial charge in [-0.3, -0.25) is 0 Å². The van der Waals surface area contributed by atoms with Crippen LogP contribution in [0, 0.1) is 0 Å². The van der Waals surface area contributed by atoms with Crippen molar-refractivity contribution in [2.45, 2.75) is 51.4 Å². The van der Waals surface area contributed by atoms with Crippen molar-refractivity contribution in [3.8, 4) is 5.75 Å². The molecule has 0 bridgehead atoms. The number of aliphatic hydroxyl groups is 1. The second-order valence-corrected chi connectivity index (χ2v) is 4.58. The number of para-hydroxylation sites is 1. The fourth-order valence-electron chi connectivity index (χ4n) is 2.03. The van der Waals surface area contributed by atoms with E-state index in [0.29, 0.717) is 12.4 Å². The number of aliphatic hydroxyl groups excluding tert-OH is 1. The number of rotatable bonds is 9. The van der Waals surface area contributed by atoms with E-state index >= 15 is 0 Å². The monoisotopic (exact) mass is 236 g/mol. The summed E-state index contributed by atoms with van der Waals surface area (Å²) >= 11 is 0. The van der Waals surface area contributed by atoms with E-state index in [2.05, 4.69) is 0 Å². The van der Waals surface area contributed by atoms with Crippen LogP contribution in [0.1, 0.15) is 50.5 Å². The van der Waals surface area contributed by atoms with Gasteiger partial charge in [0.05, 0.1) is 0 Å². The quantitative estimate of drug-likeness (QED) is 0.642. The molecule has 2 N–H and O–H groups in total. The Bertz CT molecular complexity index is 297. The Labute approximate surface area is 104 Å². The van der Waals surface area contributed by atoms with Gasteiger partial charge in [-0.2, -0.15) is 0 Å². The Morgan fingerprint density at radius 2 is 1.35 bits per heavy atom. The van der Waals surface area contributed by atoms with Gasteiger partial charge in [-0.1, -0.05) is 50.3 Å². The van der Waals surface area contributed by atoms with Gasteiger partial charge >= 0.3 is 0 Å². The fourth-order valence-corrected chi connectivity index (χ4v) is 2.03. The summed E-state index contributed by atoms with van der Waals surface area (Å²) in [6.45, 7) is 0.327. The molecule has 0 spiro atoms. The molecular formula is C15H24O2. The minimum absolute atomic E-state index is 0.327. The number of unbranched alkanes of at least 4 members (excludes halogenated alkanes) is 6. The van der Waals surface area contributed by atoms with Crippen molar-refractivity contribution in [1.82, 2.24) is 0 Å². The number of hydrogen-bond acceptors (Lipinski definition) is 2. The van der Waals surface area contributed by atoms with E-state index in [4.69, 9.17) is 5.11 Å². The highest BCUT2D eigenvalue weighted by atomic mass is 16.3. The summed E-state index contributed by atoms with van der Waals surface area (Å²) in [6.07, 6.45) is 9.21. The predicted octanol–water partition coefficient (Wildman–Crippen LogP) is 3.66. The SMILES string of the molecule is OCCCCCCCCCc1ccccc1O. The molecule has 0 aromatic heterocycles. The molecule has 0 aliphatic rings. The largest absolute Gasteiger partial charge is 0.508 e. The summed E-state index contributed by atoms with van der Waals surface area (Å²) in [7, 11) is 0. The molecule has 0 aliphatic heterocycles. The first-order chi connectivity index (χ1) is 8.34. The zero-order chi connectivity index (χ0) is 12.3. The van der Waals surface area contributed by atoms with Crippen LogP contribution in [0.3, 0.4) is 0 Å². The summed E-state index contributed by atoms with van der Waals surface area (Å²) < 4.78 is 0. The van der Waals surface area contributed by atoms with E-state index in [1.165, 1.54) is 25.7 Å². The van der Waals surface area contributed by atoms with E-state index in [1.807, 2.05) is 18.2 Å². The Morgan fingerprint density at radius 1 is 0.765 bits per heavy atom. The van der Waals surface area contributed by atoms with Crippen molar-refractivity contribution in [1.29, 1.82) is 0 Å². The van der Waals surface area contributed by atoms with Gasteiger partial charge in [-0.15, -0.1) is 0 Å². The minimum Gasteiger partial charge on any atom is -0.508 e. The second-order valence-electron chi connectivity index (χ2n) is 4.58. The van der Waals surface area contributed by atoms with Gasteiger partial charge in [-0.25, -0.2) is 0 Å². The van der Waals surface area contributed by atoms with E-state index in [9.17, 15) is 5.11 Å². The van der Waals surface area contributed by atoms with Gasteiger partial charge in [0.2, 0.25) is 0 Å². The van der Waals surface area contributed by atoms with Crippen LogP contribution < -0.4 is 0 Å². The lowest BCUT2D eigenvalue weighted by Gasteiger charge is -2.04. The Morgan fingerprint density at radius 3 is 2.00 bits per heavy atom. The van der Waals surface area contributed by atoms with Crippen LogP contribution in [0.5, 0.6) is 5.75 Å². The van der Waals surface area contributed by atoms with Crippen molar-refractivity contribution in [2.75, 3.05) is 6.61 Å². The number of benzene rings is 1. The van der Waals surface area contributed by atoms with Crippen molar-refractivity contribution >= 4 is 0 Å². The normalized spacial score (nSPS) is 10.6. The van der Waals surface area contributed by atoms with Crippen molar-refractivity contribution in [2.24, 2.45) is 0 Å². The number of aromatic hydroxyl groups is 1. The molecule has 2 heteroatoms. The molecule has 0 radical (unpaired) electrons. The van der Waals surface area contributed by atoms with Gasteiger partial charge in [0.25, 0.3) is 0 Å². The van der Waals surface area contributed by atoms with Crippen LogP contribution in [0.4, 0.5) is 0 Å². The fraction of sp³-hybridized carbons (Fsp3) is 0.600. The molecule has 0 heterocycles. The van der Waals surface area contributed by atoms with Gasteiger partial charge in [0.15, 0.2) is 0 Å². The maximum Gasteiger partial charge on any atom is 0.118 e. The van der Waals surface area contributed by atoms with Gasteiger partial charge in [0, 0.05) is 6.61 Å². The highest BCUT2D eigenvalue weighted by Gasteiger charge is 1.98. The Balaban J connectivity index is 1.99. The predicted molar refractivity (Wildman–Crippen MR) is 71.2 cm³/mol. The molecular weight excluding hydrogens is 212 g/mol. The Hall–Kier alpha value is -1.02. The topological polar surface area (TPSA) is 40.5 Å². The molecule has 0 unspecified atom stereocenters. The first kappa shape index (κ1) is 14.0. The molecule has 17 heavy (non-hydrogen) atoms. The lowest BCUT2D eigenvalue weighted by atomic mass is 10.0. The number of phenols is 1. The molecule has 2 nitrogen and oxygen atoms in total. The molecule has 1 aromatic rings. The van der Waals surface area contributed by atoms with Crippen molar-refractivity contribution in [3.63, 3.8) is 0 Å². The third-order valence-electron chi connectivity index (χ3n) is 3.10. The van der Waals surface area contributed by atoms with Crippen LogP contribution in [-0.2, 0) is 6.42 Å². The maximum atomic E-state index is 9.59. The summed E-state index contributed by atoms with van der Waals surface area (Å²) in [6, 6.07) is 7.59. The third kappa shape index (κ3) is 6.32. The van der Waals surface area contributed by atoms with Crippen LogP contribution >= 0.6 is 0 Å². The summed E-state index contributed by atoms with van der Waals surface area (Å²) in [5.74, 6) is 0.426. The van der Waals surface area contributed by atoms with Gasteiger partial charge in [-0.05, 0) is 30.9 Å². The summed E-state index contributed by atoms with van der Waals surface area (Å²) in [5, 5.41) is 18.2. The molecule has 0 atom stereocenters. The number of hydrogen-bond donors (Lipinski definition) is 2. The molecule has 1 aromatic carbocycles. The van der Waals surface area contributed by atoms with Crippen LogP contribution in [0.15, 0.2) is 24.3 Å². The zero-order valence-electron chi connectivity index (χ0n) is 10.6. The van der Waals surface area contributed by atoms with Crippen LogP contribution in [-0.4, -0.2) is 16.8 Å². The molecule has 96 valence electrons. The van der Waals surface area contributed by atoms with E-state index in [1.54, 1.807) is 6.07 Å². The highest BCUT2D eigenvalue weighted by molar-refractivity contribution is 5.31. The summed E-state index contributed by atoms with van der Waals surface area (Å²) in [4.78, 5) is 0. The minimum atomic E-state index is 0.327. The van der Waals surface area contributed by atoms with E-state index in [0.717, 1.165) is 31.2 Å². The number of phenolic OH excluding ortho intramolecular Hbond substituents is 1. The third-order valence-corrected chi connectivity index (χ3v) is 3.10. The van der Waals surface area contributed by atoms with E-state index < -0.39 is 0 Å². The van der Waals surface area contributed by atoms with Gasteiger partial charge < -0.3 is 10.2 Å². The molecule has 0 aliphatic carbocycles. The molecule has 0 fully saturated rings. The van der Waals surface area contributed by atoms with E-state index in [-0.39, 0.29) is 0 Å². The molecule has 1 rings (SSSR count). The lowest BCUT2D eigenvalue weighted by Crippen LogP contribution is -1.87. The Kier molecular flexibility index (Phi) is 7.48. The zero-order valence-corrected chi connectivity index (χ0v) is 10.6. The average Bonchev–Trinajstić information content (AvgIpc) is 2.35. The number of aryl methyl sites for hydroxylation is 1. The first-order valence-corrected chi connectivity index (χ1v) is 6.72. The van der Waals surface area contributed by atoms with Crippen molar-refractivity contribution in [3.05, 3.63) is 29.8 Å². The summed E-state index contributed by atoms with van der Waals surface area (Å²) in [5.41, 5.74) is 1.06. The maximum absolute atomic E-state index is 9.59. The molecule has 0 amide bonds.